The first-order valence-electron chi connectivity index (χ1n) is 9.68. The molecule has 1 aliphatic heterocycles. The van der Waals surface area contributed by atoms with E-state index >= 15 is 0 Å². The molecule has 0 spiro atoms. The first kappa shape index (κ1) is 19.9. The lowest BCUT2D eigenvalue weighted by atomic mass is 10.1. The number of rotatable bonds is 7. The summed E-state index contributed by atoms with van der Waals surface area (Å²) in [6.45, 7) is 5.19. The zero-order valence-electron chi connectivity index (χ0n) is 16.1. The van der Waals surface area contributed by atoms with Crippen molar-refractivity contribution in [2.75, 3.05) is 26.2 Å². The van der Waals surface area contributed by atoms with Gasteiger partial charge in [-0.25, -0.2) is 0 Å². The molecule has 6 nitrogen and oxygen atoms in total. The number of hydrogen-bond acceptors (Lipinski definition) is 4. The van der Waals surface area contributed by atoms with Crippen LogP contribution >= 0.6 is 0 Å². The van der Waals surface area contributed by atoms with Gasteiger partial charge in [-0.2, -0.15) is 0 Å². The molecule has 2 aromatic carbocycles. The predicted molar refractivity (Wildman–Crippen MR) is 103 cm³/mol. The molecule has 6 heteroatoms. The molecule has 0 radical (unpaired) electrons. The minimum Gasteiger partial charge on any atom is -0.550 e. The van der Waals surface area contributed by atoms with E-state index in [0.29, 0.717) is 19.1 Å². The molecular formula is C22H26N2O4. The molecule has 1 N–H and O–H groups in total. The Hall–Kier alpha value is -2.86. The molecule has 1 heterocycles. The number of piperazine rings is 1. The third kappa shape index (κ3) is 5.33. The van der Waals surface area contributed by atoms with Crippen LogP contribution in [0.25, 0.3) is 0 Å². The number of hydrogen-bond donors (Lipinski definition) is 1. The van der Waals surface area contributed by atoms with Crippen molar-refractivity contribution in [1.29, 1.82) is 0 Å². The standard InChI is InChI=1S/C22H26N2O4/c1-17(23-13-15-24(16-14-23)21(25)11-12-22(26)27)18-7-9-20(10-8-18)28-19-5-3-2-4-6-19/h2-10,17H,11-16H2,1H3,(H,26,27)/t17-/m0/s1. The lowest BCUT2D eigenvalue weighted by Crippen LogP contribution is -3.14. The fourth-order valence-electron chi connectivity index (χ4n) is 3.53. The maximum atomic E-state index is 12.0. The summed E-state index contributed by atoms with van der Waals surface area (Å²) in [5, 5.41) is 10.5. The number of nitrogens with zero attached hydrogens (tertiary/aromatic N) is 1. The van der Waals surface area contributed by atoms with Crippen LogP contribution in [0.5, 0.6) is 11.5 Å². The summed E-state index contributed by atoms with van der Waals surface area (Å²) >= 11 is 0. The van der Waals surface area contributed by atoms with Crippen LogP contribution in [0.4, 0.5) is 0 Å². The van der Waals surface area contributed by atoms with E-state index in [4.69, 9.17) is 4.74 Å². The number of carboxylic acid groups (broad SMARTS) is 1. The Morgan fingerprint density at radius 1 is 1.00 bits per heavy atom. The Balaban J connectivity index is 1.51. The van der Waals surface area contributed by atoms with Gasteiger partial charge in [0.25, 0.3) is 0 Å². The highest BCUT2D eigenvalue weighted by Gasteiger charge is 2.27. The van der Waals surface area contributed by atoms with Crippen LogP contribution < -0.4 is 14.7 Å². The Bertz CT molecular complexity index is 784. The molecule has 3 rings (SSSR count). The molecule has 148 valence electrons. The topological polar surface area (TPSA) is 74.1 Å². The normalized spacial score (nSPS) is 15.8. The van der Waals surface area contributed by atoms with Crippen LogP contribution in [0.1, 0.15) is 31.4 Å². The van der Waals surface area contributed by atoms with Gasteiger partial charge >= 0.3 is 0 Å². The highest BCUT2D eigenvalue weighted by atomic mass is 16.5. The largest absolute Gasteiger partial charge is 0.550 e. The third-order valence-corrected chi connectivity index (χ3v) is 5.27. The fourth-order valence-corrected chi connectivity index (χ4v) is 3.53. The van der Waals surface area contributed by atoms with Crippen LogP contribution in [0.2, 0.25) is 0 Å². The van der Waals surface area contributed by atoms with Crippen molar-refractivity contribution in [2.45, 2.75) is 25.8 Å². The zero-order valence-corrected chi connectivity index (χ0v) is 16.1. The minimum absolute atomic E-state index is 0.0239. The smallest absolute Gasteiger partial charge is 0.223 e. The number of para-hydroxylation sites is 1. The number of carboxylic acids is 1. The Labute approximate surface area is 165 Å². The molecule has 2 aromatic rings. The minimum atomic E-state index is -1.18. The average Bonchev–Trinajstić information content (AvgIpc) is 2.73. The average molecular weight is 382 g/mol. The molecule has 1 saturated heterocycles. The van der Waals surface area contributed by atoms with E-state index in [0.717, 1.165) is 24.6 Å². The molecular weight excluding hydrogens is 356 g/mol. The predicted octanol–water partition coefficient (Wildman–Crippen LogP) is 0.797. The van der Waals surface area contributed by atoms with Crippen molar-refractivity contribution < 1.29 is 24.3 Å². The van der Waals surface area contributed by atoms with Crippen molar-refractivity contribution in [3.05, 3.63) is 60.2 Å². The summed E-state index contributed by atoms with van der Waals surface area (Å²) in [5.74, 6) is 0.345. The molecule has 1 aliphatic rings. The van der Waals surface area contributed by atoms with Crippen molar-refractivity contribution >= 4 is 11.9 Å². The monoisotopic (exact) mass is 382 g/mol. The molecule has 1 atom stereocenters. The number of carbonyl (C=O) groups excluding carboxylic acids is 2. The van der Waals surface area contributed by atoms with Gasteiger partial charge in [0.1, 0.15) is 17.5 Å². The van der Waals surface area contributed by atoms with Crippen LogP contribution in [0.15, 0.2) is 54.6 Å². The van der Waals surface area contributed by atoms with E-state index in [9.17, 15) is 14.7 Å². The second-order valence-electron chi connectivity index (χ2n) is 7.12. The lowest BCUT2D eigenvalue weighted by Gasteiger charge is -2.35. The fraction of sp³-hybridized carbons (Fsp3) is 0.364. The summed E-state index contributed by atoms with van der Waals surface area (Å²) in [6.07, 6.45) is -0.185. The highest BCUT2D eigenvalue weighted by Crippen LogP contribution is 2.22. The van der Waals surface area contributed by atoms with Gasteiger partial charge in [-0.15, -0.1) is 0 Å². The van der Waals surface area contributed by atoms with Gasteiger partial charge in [-0.05, 0) is 49.7 Å². The summed E-state index contributed by atoms with van der Waals surface area (Å²) in [5.41, 5.74) is 1.23. The Morgan fingerprint density at radius 2 is 1.61 bits per heavy atom. The number of nitrogens with one attached hydrogen (secondary N) is 1. The molecule has 0 unspecified atom stereocenters. The highest BCUT2D eigenvalue weighted by molar-refractivity contribution is 5.80. The number of amides is 1. The third-order valence-electron chi connectivity index (χ3n) is 5.27. The van der Waals surface area contributed by atoms with Gasteiger partial charge in [-0.1, -0.05) is 18.2 Å². The van der Waals surface area contributed by atoms with E-state index in [2.05, 4.69) is 19.1 Å². The van der Waals surface area contributed by atoms with Gasteiger partial charge in [0.15, 0.2) is 0 Å². The van der Waals surface area contributed by atoms with Gasteiger partial charge in [-0.3, -0.25) is 4.79 Å². The summed E-state index contributed by atoms with van der Waals surface area (Å²) in [4.78, 5) is 25.7. The first-order chi connectivity index (χ1) is 13.5. The van der Waals surface area contributed by atoms with Crippen molar-refractivity contribution in [3.8, 4) is 11.5 Å². The summed E-state index contributed by atoms with van der Waals surface area (Å²) in [7, 11) is 0. The van der Waals surface area contributed by atoms with E-state index in [-0.39, 0.29) is 18.7 Å². The number of quaternary nitrogens is 1. The second-order valence-corrected chi connectivity index (χ2v) is 7.12. The summed E-state index contributed by atoms with van der Waals surface area (Å²) in [6, 6.07) is 18.2. The van der Waals surface area contributed by atoms with E-state index in [1.54, 1.807) is 4.90 Å². The SMILES string of the molecule is C[C@@H](c1ccc(Oc2ccccc2)cc1)[NH+]1CCN(C(=O)CCC(=O)[O-])CC1. The van der Waals surface area contributed by atoms with E-state index in [1.807, 2.05) is 42.5 Å². The molecule has 0 bridgehead atoms. The number of carbonyl (C=O) groups is 2. The molecule has 0 aliphatic carbocycles. The maximum Gasteiger partial charge on any atom is 0.223 e. The van der Waals surface area contributed by atoms with Crippen LogP contribution in [0.3, 0.4) is 0 Å². The lowest BCUT2D eigenvalue weighted by molar-refractivity contribution is -0.933. The van der Waals surface area contributed by atoms with E-state index < -0.39 is 5.97 Å². The molecule has 0 saturated carbocycles. The second kappa shape index (κ2) is 9.37. The van der Waals surface area contributed by atoms with Gasteiger partial charge in [0.2, 0.25) is 5.91 Å². The Morgan fingerprint density at radius 3 is 2.21 bits per heavy atom. The molecule has 1 fully saturated rings. The molecule has 1 amide bonds. The van der Waals surface area contributed by atoms with Gasteiger partial charge in [0, 0.05) is 18.0 Å². The summed E-state index contributed by atoms with van der Waals surface area (Å²) < 4.78 is 5.84. The number of benzene rings is 2. The first-order valence-corrected chi connectivity index (χ1v) is 9.68. The van der Waals surface area contributed by atoms with Crippen LogP contribution in [0, 0.1) is 0 Å². The van der Waals surface area contributed by atoms with Crippen LogP contribution in [-0.2, 0) is 9.59 Å². The maximum absolute atomic E-state index is 12.0. The van der Waals surface area contributed by atoms with Gasteiger partial charge in [0.05, 0.1) is 26.2 Å². The van der Waals surface area contributed by atoms with Crippen molar-refractivity contribution in [3.63, 3.8) is 0 Å². The Kier molecular flexibility index (Phi) is 6.66. The molecule has 0 aromatic heterocycles. The number of ether oxygens (including phenoxy) is 1. The van der Waals surface area contributed by atoms with Crippen molar-refractivity contribution in [2.24, 2.45) is 0 Å². The van der Waals surface area contributed by atoms with Gasteiger partial charge < -0.3 is 24.4 Å². The van der Waals surface area contributed by atoms with Crippen molar-refractivity contribution in [1.82, 2.24) is 4.90 Å². The quantitative estimate of drug-likeness (QED) is 0.769. The number of aliphatic carboxylic acids is 1. The van der Waals surface area contributed by atoms with Crippen LogP contribution in [-0.4, -0.2) is 43.0 Å². The zero-order chi connectivity index (χ0) is 19.9. The van der Waals surface area contributed by atoms with E-state index in [1.165, 1.54) is 10.5 Å². The molecule has 28 heavy (non-hydrogen) atoms.